The van der Waals surface area contributed by atoms with E-state index < -0.39 is 12.4 Å². The molecule has 0 unspecified atom stereocenters. The number of hydrogen-bond acceptors (Lipinski definition) is 7. The number of alkyl halides is 3. The summed E-state index contributed by atoms with van der Waals surface area (Å²) in [5, 5.41) is 8.64. The van der Waals surface area contributed by atoms with Crippen molar-refractivity contribution < 1.29 is 27.5 Å². The molecule has 2 heterocycles. The van der Waals surface area contributed by atoms with E-state index in [4.69, 9.17) is 0 Å². The summed E-state index contributed by atoms with van der Waals surface area (Å²) in [6.45, 7) is 6.08. The number of hydrazone groups is 1. The maximum atomic E-state index is 12.7. The summed E-state index contributed by atoms with van der Waals surface area (Å²) in [5.41, 5.74) is 7.02. The van der Waals surface area contributed by atoms with E-state index in [2.05, 4.69) is 30.3 Å². The van der Waals surface area contributed by atoms with E-state index in [1.54, 1.807) is 24.3 Å². The van der Waals surface area contributed by atoms with E-state index >= 15 is 0 Å². The van der Waals surface area contributed by atoms with Gasteiger partial charge in [-0.1, -0.05) is 67.6 Å². The molecule has 0 bridgehead atoms. The number of aryl methyl sites for hydroxylation is 1. The summed E-state index contributed by atoms with van der Waals surface area (Å²) in [6.07, 6.45) is -1.88. The van der Waals surface area contributed by atoms with E-state index in [0.29, 0.717) is 28.3 Å². The standard InChI is InChI=1S/C30H26F3N7O3S/c1-18(2)24-14-19(3)4-13-25(24)40-26(41)16-44-29(40)36-28(42)37-35-15-20-5-7-21(8-6-20)27-34-17-39(38-27)22-9-11-23(12-10-22)43-30(31,32)33/h4-15,17-18H,16H2,1-3H3,(H,37,42)/b35-15+,36-29-. The van der Waals surface area contributed by atoms with E-state index in [9.17, 15) is 22.8 Å². The van der Waals surface area contributed by atoms with Crippen molar-refractivity contribution >= 4 is 40.8 Å². The summed E-state index contributed by atoms with van der Waals surface area (Å²) in [5.74, 6) is 0.269. The summed E-state index contributed by atoms with van der Waals surface area (Å²) in [4.78, 5) is 35.1. The van der Waals surface area contributed by atoms with Crippen molar-refractivity contribution in [3.8, 4) is 22.8 Å². The SMILES string of the molecule is Cc1ccc(N2C(=O)CS/C2=N\C(=O)N/N=C/c2ccc(-c3ncn(-c4ccc(OC(F)(F)F)cc4)n3)cc2)c(C(C)C)c1. The fourth-order valence-electron chi connectivity index (χ4n) is 4.33. The minimum absolute atomic E-state index is 0.149. The number of amidine groups is 1. The van der Waals surface area contributed by atoms with E-state index in [1.807, 2.05) is 39.0 Å². The molecule has 1 fully saturated rings. The van der Waals surface area contributed by atoms with Gasteiger partial charge in [0.25, 0.3) is 0 Å². The zero-order valence-electron chi connectivity index (χ0n) is 23.7. The Morgan fingerprint density at radius 1 is 1.09 bits per heavy atom. The van der Waals surface area contributed by atoms with E-state index in [1.165, 1.54) is 58.2 Å². The van der Waals surface area contributed by atoms with Crippen molar-refractivity contribution in [1.29, 1.82) is 0 Å². The number of amides is 3. The molecule has 3 amide bonds. The molecule has 3 aromatic carbocycles. The first-order valence-corrected chi connectivity index (χ1v) is 14.3. The number of thioether (sulfide) groups is 1. The van der Waals surface area contributed by atoms with Gasteiger partial charge in [0.05, 0.1) is 23.3 Å². The number of hydrogen-bond donors (Lipinski definition) is 1. The van der Waals surface area contributed by atoms with Crippen LogP contribution in [0.1, 0.15) is 36.5 Å². The average Bonchev–Trinajstić information content (AvgIpc) is 3.60. The number of nitrogens with zero attached hydrogens (tertiary/aromatic N) is 6. The van der Waals surface area contributed by atoms with Crippen LogP contribution in [-0.2, 0) is 4.79 Å². The number of benzene rings is 3. The van der Waals surface area contributed by atoms with Gasteiger partial charge in [-0.2, -0.15) is 10.1 Å². The van der Waals surface area contributed by atoms with Crippen molar-refractivity contribution in [2.45, 2.75) is 33.1 Å². The molecule has 1 aromatic heterocycles. The van der Waals surface area contributed by atoms with Crippen LogP contribution >= 0.6 is 11.8 Å². The lowest BCUT2D eigenvalue weighted by Crippen LogP contribution is -2.31. The second-order valence-electron chi connectivity index (χ2n) is 9.98. The second kappa shape index (κ2) is 12.7. The highest BCUT2D eigenvalue weighted by atomic mass is 32.2. The van der Waals surface area contributed by atoms with Gasteiger partial charge >= 0.3 is 12.4 Å². The van der Waals surface area contributed by atoms with Crippen LogP contribution in [0.4, 0.5) is 23.7 Å². The maximum absolute atomic E-state index is 12.7. The van der Waals surface area contributed by atoms with Gasteiger partial charge in [-0.3, -0.25) is 9.69 Å². The molecule has 5 rings (SSSR count). The molecular weight excluding hydrogens is 595 g/mol. The van der Waals surface area contributed by atoms with E-state index in [0.717, 1.165) is 11.1 Å². The summed E-state index contributed by atoms with van der Waals surface area (Å²) in [7, 11) is 0. The number of carbonyl (C=O) groups is 2. The van der Waals surface area contributed by atoms with Crippen molar-refractivity contribution in [3.05, 3.63) is 89.7 Å². The molecule has 1 saturated heterocycles. The van der Waals surface area contributed by atoms with Crippen LogP contribution in [-0.4, -0.2) is 50.2 Å². The minimum atomic E-state index is -4.77. The molecule has 0 saturated carbocycles. The highest BCUT2D eigenvalue weighted by molar-refractivity contribution is 8.15. The number of ether oxygens (including phenoxy) is 1. The van der Waals surface area contributed by atoms with Crippen LogP contribution in [0.2, 0.25) is 0 Å². The Morgan fingerprint density at radius 2 is 1.82 bits per heavy atom. The quantitative estimate of drug-likeness (QED) is 0.188. The molecule has 0 atom stereocenters. The summed E-state index contributed by atoms with van der Waals surface area (Å²) < 4.78 is 42.5. The van der Waals surface area contributed by atoms with Crippen molar-refractivity contribution in [2.24, 2.45) is 10.1 Å². The summed E-state index contributed by atoms with van der Waals surface area (Å²) >= 11 is 1.19. The lowest BCUT2D eigenvalue weighted by atomic mass is 9.98. The maximum Gasteiger partial charge on any atom is 0.573 e. The molecule has 0 aliphatic carbocycles. The smallest absolute Gasteiger partial charge is 0.406 e. The van der Waals surface area contributed by atoms with Gasteiger partial charge in [-0.15, -0.1) is 18.3 Å². The molecule has 0 radical (unpaired) electrons. The first kappa shape index (κ1) is 30.5. The van der Waals surface area contributed by atoms with Crippen LogP contribution < -0.4 is 15.1 Å². The van der Waals surface area contributed by atoms with Crippen LogP contribution in [0.25, 0.3) is 17.1 Å². The van der Waals surface area contributed by atoms with Gasteiger partial charge in [-0.05, 0) is 54.3 Å². The predicted octanol–water partition coefficient (Wildman–Crippen LogP) is 6.44. The average molecular weight is 622 g/mol. The number of anilines is 1. The monoisotopic (exact) mass is 621 g/mol. The Hall–Kier alpha value is -4.98. The number of aromatic nitrogens is 3. The molecule has 14 heteroatoms. The Bertz CT molecular complexity index is 1730. The van der Waals surface area contributed by atoms with Gasteiger partial charge in [0.1, 0.15) is 12.1 Å². The molecule has 0 spiro atoms. The van der Waals surface area contributed by atoms with Crippen LogP contribution in [0.15, 0.2) is 83.2 Å². The number of urea groups is 1. The normalized spacial score (nSPS) is 14.7. The fraction of sp³-hybridized carbons (Fsp3) is 0.200. The first-order valence-electron chi connectivity index (χ1n) is 13.3. The molecule has 1 aliphatic rings. The lowest BCUT2D eigenvalue weighted by molar-refractivity contribution is -0.274. The van der Waals surface area contributed by atoms with Crippen molar-refractivity contribution in [2.75, 3.05) is 10.7 Å². The topological polar surface area (TPSA) is 114 Å². The zero-order valence-corrected chi connectivity index (χ0v) is 24.6. The number of halogens is 3. The van der Waals surface area contributed by atoms with Gasteiger partial charge < -0.3 is 4.74 Å². The Labute approximate surface area is 254 Å². The first-order chi connectivity index (χ1) is 21.0. The molecule has 226 valence electrons. The van der Waals surface area contributed by atoms with Crippen LogP contribution in [0, 0.1) is 6.92 Å². The van der Waals surface area contributed by atoms with Crippen molar-refractivity contribution in [3.63, 3.8) is 0 Å². The van der Waals surface area contributed by atoms with E-state index in [-0.39, 0.29) is 28.5 Å². The third-order valence-electron chi connectivity index (χ3n) is 6.38. The Morgan fingerprint density at radius 3 is 2.50 bits per heavy atom. The molecule has 10 nitrogen and oxygen atoms in total. The molecule has 4 aromatic rings. The number of nitrogens with one attached hydrogen (secondary N) is 1. The fourth-order valence-corrected chi connectivity index (χ4v) is 5.19. The largest absolute Gasteiger partial charge is 0.573 e. The lowest BCUT2D eigenvalue weighted by Gasteiger charge is -2.22. The highest BCUT2D eigenvalue weighted by Gasteiger charge is 2.32. The minimum Gasteiger partial charge on any atom is -0.406 e. The van der Waals surface area contributed by atoms with Gasteiger partial charge in [0, 0.05) is 5.56 Å². The Kier molecular flexibility index (Phi) is 8.81. The van der Waals surface area contributed by atoms with Gasteiger partial charge in [0.2, 0.25) is 5.91 Å². The van der Waals surface area contributed by atoms with Crippen LogP contribution in [0.3, 0.4) is 0 Å². The van der Waals surface area contributed by atoms with Crippen LogP contribution in [0.5, 0.6) is 5.75 Å². The molecule has 1 N–H and O–H groups in total. The molecular formula is C30H26F3N7O3S. The third kappa shape index (κ3) is 7.32. The highest BCUT2D eigenvalue weighted by Crippen LogP contribution is 2.34. The van der Waals surface area contributed by atoms with Gasteiger partial charge in [0.15, 0.2) is 11.0 Å². The number of carbonyl (C=O) groups excluding carboxylic acids is 2. The molecule has 44 heavy (non-hydrogen) atoms. The zero-order chi connectivity index (χ0) is 31.4. The Balaban J connectivity index is 1.21. The third-order valence-corrected chi connectivity index (χ3v) is 7.30. The van der Waals surface area contributed by atoms with Gasteiger partial charge in [-0.25, -0.2) is 19.9 Å². The number of rotatable bonds is 7. The summed E-state index contributed by atoms with van der Waals surface area (Å²) in [6, 6.07) is 17.4. The number of aliphatic imine (C=N–C) groups is 1. The second-order valence-corrected chi connectivity index (χ2v) is 10.9. The molecule has 1 aliphatic heterocycles. The van der Waals surface area contributed by atoms with Crippen molar-refractivity contribution in [1.82, 2.24) is 20.2 Å². The predicted molar refractivity (Wildman–Crippen MR) is 162 cm³/mol.